The third-order valence-corrected chi connectivity index (χ3v) is 5.85. The Kier molecular flexibility index (Phi) is 5.00. The molecule has 0 amide bonds. The Labute approximate surface area is 159 Å². The zero-order valence-corrected chi connectivity index (χ0v) is 15.4. The van der Waals surface area contributed by atoms with E-state index < -0.39 is 56.1 Å². The van der Waals surface area contributed by atoms with Gasteiger partial charge in [0, 0.05) is 16.8 Å². The second-order valence-electron chi connectivity index (χ2n) is 6.69. The highest BCUT2D eigenvalue weighted by Gasteiger charge is 2.80. The van der Waals surface area contributed by atoms with Crippen LogP contribution in [0, 0.1) is 5.41 Å². The fourth-order valence-electron chi connectivity index (χ4n) is 3.51. The smallest absolute Gasteiger partial charge is 0.395 e. The second-order valence-corrected chi connectivity index (χ2v) is 7.60. The van der Waals surface area contributed by atoms with Crippen molar-refractivity contribution in [3.05, 3.63) is 69.0 Å². The normalized spacial score (nSPS) is 31.4. The van der Waals surface area contributed by atoms with E-state index in [1.54, 1.807) is 0 Å². The van der Waals surface area contributed by atoms with Gasteiger partial charge in [-0.25, -0.2) is 4.79 Å². The number of H-pyrrole nitrogens is 1. The number of benzene rings is 1. The van der Waals surface area contributed by atoms with Crippen LogP contribution in [-0.2, 0) is 25.0 Å². The minimum atomic E-state index is -2.51. The summed E-state index contributed by atoms with van der Waals surface area (Å²) in [6.45, 7) is -0.418. The first-order valence-corrected chi connectivity index (χ1v) is 9.63. The van der Waals surface area contributed by atoms with Crippen molar-refractivity contribution in [2.24, 2.45) is 5.41 Å². The number of fused-ring (bicyclic) bond motifs is 1. The quantitative estimate of drug-likeness (QED) is 0.545. The molecule has 2 aliphatic rings. The van der Waals surface area contributed by atoms with Crippen molar-refractivity contribution in [3.8, 4) is 0 Å². The van der Waals surface area contributed by atoms with Crippen molar-refractivity contribution in [3.63, 3.8) is 0 Å². The third kappa shape index (κ3) is 3.14. The van der Waals surface area contributed by atoms with Crippen LogP contribution in [0.3, 0.4) is 0 Å². The maximum atomic E-state index is 12.1. The molecule has 1 aliphatic heterocycles. The van der Waals surface area contributed by atoms with Crippen LogP contribution < -0.4 is 11.2 Å². The molecule has 28 heavy (non-hydrogen) atoms. The van der Waals surface area contributed by atoms with E-state index in [2.05, 4.69) is 4.98 Å². The Balaban J connectivity index is 1.42. The van der Waals surface area contributed by atoms with Crippen LogP contribution in [0.2, 0.25) is 0 Å². The number of hydrogen-bond acceptors (Lipinski definition) is 8. The Bertz CT molecular complexity index is 992. The van der Waals surface area contributed by atoms with E-state index in [4.69, 9.17) is 13.8 Å². The molecule has 0 radical (unpaired) electrons. The highest BCUT2D eigenvalue weighted by Crippen LogP contribution is 2.63. The van der Waals surface area contributed by atoms with Crippen molar-refractivity contribution in [1.82, 2.24) is 9.55 Å². The molecule has 1 aromatic carbocycles. The predicted octanol–water partition coefficient (Wildman–Crippen LogP) is 0.0466. The van der Waals surface area contributed by atoms with E-state index in [0.717, 1.165) is 16.2 Å². The molecule has 2 fully saturated rings. The van der Waals surface area contributed by atoms with Gasteiger partial charge in [0.25, 0.3) is 5.56 Å². The van der Waals surface area contributed by atoms with E-state index >= 15 is 0 Å². The van der Waals surface area contributed by atoms with E-state index in [9.17, 15) is 24.4 Å². The number of rotatable bonds is 7. The predicted molar refractivity (Wildman–Crippen MR) is 94.5 cm³/mol. The fraction of sp³-hybridized carbons (Fsp3) is 0.412. The zero-order chi connectivity index (χ0) is 19.9. The van der Waals surface area contributed by atoms with Crippen molar-refractivity contribution in [2.75, 3.05) is 6.61 Å². The summed E-state index contributed by atoms with van der Waals surface area (Å²) in [5.41, 5.74) is -1.73. The topological polar surface area (TPSA) is 140 Å². The lowest BCUT2D eigenvalue weighted by Gasteiger charge is -2.23. The van der Waals surface area contributed by atoms with E-state index in [-0.39, 0.29) is 6.61 Å². The number of nitrogens with zero attached hydrogens (tertiary/aromatic N) is 1. The number of hydrogen-bond donors (Lipinski definition) is 3. The van der Waals surface area contributed by atoms with Gasteiger partial charge < -0.3 is 14.9 Å². The molecule has 6 atom stereocenters. The van der Waals surface area contributed by atoms with Gasteiger partial charge in [-0.3, -0.25) is 14.3 Å². The van der Waals surface area contributed by atoms with Gasteiger partial charge in [0.05, 0.1) is 12.0 Å². The van der Waals surface area contributed by atoms with Crippen LogP contribution in [0.5, 0.6) is 0 Å². The van der Waals surface area contributed by atoms with Crippen LogP contribution in [0.4, 0.5) is 0 Å². The standard InChI is InChI=1S/C17H17N2O8P/c20-9-17-12(22)15(19-7-6-11(21)18-16(19)23)26-13(17)14(17)27-28(24)25-8-10-4-2-1-3-5-10/h1-7,12-15,20,22H,8-9H2/p+1/t12-,13+,14?,15+,17+/m0/s1. The van der Waals surface area contributed by atoms with Gasteiger partial charge in [0.15, 0.2) is 12.3 Å². The molecule has 4 rings (SSSR count). The molecule has 0 bridgehead atoms. The lowest BCUT2D eigenvalue weighted by atomic mass is 9.99. The van der Waals surface area contributed by atoms with Gasteiger partial charge in [-0.15, -0.1) is 9.05 Å². The lowest BCUT2D eigenvalue weighted by Crippen LogP contribution is -2.40. The maximum Gasteiger partial charge on any atom is 0.698 e. The number of aromatic amines is 1. The molecular weight excluding hydrogens is 391 g/mol. The summed E-state index contributed by atoms with van der Waals surface area (Å²) in [6.07, 6.45) is -2.83. The molecule has 10 nitrogen and oxygen atoms in total. The third-order valence-electron chi connectivity index (χ3n) is 5.11. The van der Waals surface area contributed by atoms with Crippen molar-refractivity contribution >= 4 is 8.25 Å². The second kappa shape index (κ2) is 7.32. The molecule has 1 saturated heterocycles. The average Bonchev–Trinajstić information content (AvgIpc) is 3.19. The number of aliphatic hydroxyl groups excluding tert-OH is 2. The first kappa shape index (κ1) is 19.1. The highest BCUT2D eigenvalue weighted by atomic mass is 31.1. The minimum absolute atomic E-state index is 0.0817. The van der Waals surface area contributed by atoms with E-state index in [1.165, 1.54) is 6.20 Å². The largest absolute Gasteiger partial charge is 0.698 e. The highest BCUT2D eigenvalue weighted by molar-refractivity contribution is 7.33. The molecule has 2 aromatic rings. The number of ether oxygens (including phenoxy) is 1. The van der Waals surface area contributed by atoms with Gasteiger partial charge in [-0.05, 0) is 5.56 Å². The fourth-order valence-corrected chi connectivity index (χ4v) is 4.32. The monoisotopic (exact) mass is 409 g/mol. The first-order valence-electron chi connectivity index (χ1n) is 8.54. The molecule has 1 aliphatic carbocycles. The van der Waals surface area contributed by atoms with Gasteiger partial charge in [0.2, 0.25) is 0 Å². The molecule has 1 saturated carbocycles. The van der Waals surface area contributed by atoms with Crippen molar-refractivity contribution < 1.29 is 28.6 Å². The molecule has 0 spiro atoms. The summed E-state index contributed by atoms with van der Waals surface area (Å²) in [6, 6.07) is 10.2. The molecule has 11 heteroatoms. The molecular formula is C17H18N2O8P+. The Morgan fingerprint density at radius 3 is 2.64 bits per heavy atom. The van der Waals surface area contributed by atoms with Crippen LogP contribution in [0.1, 0.15) is 11.8 Å². The number of aliphatic hydroxyl groups is 2. The van der Waals surface area contributed by atoms with Gasteiger partial charge in [-0.2, -0.15) is 0 Å². The van der Waals surface area contributed by atoms with Crippen molar-refractivity contribution in [1.29, 1.82) is 0 Å². The summed E-state index contributed by atoms with van der Waals surface area (Å²) in [5.74, 6) is 0. The van der Waals surface area contributed by atoms with Crippen LogP contribution in [0.25, 0.3) is 0 Å². The Hall–Kier alpha value is -2.20. The van der Waals surface area contributed by atoms with Gasteiger partial charge in [-0.1, -0.05) is 30.3 Å². The summed E-state index contributed by atoms with van der Waals surface area (Å²) in [4.78, 5) is 25.2. The first-order chi connectivity index (χ1) is 13.5. The SMILES string of the molecule is O=c1ccn([C@@H]2O[C@@H]3C(O[P+](=O)OCc4ccccc4)[C@]3(CO)[C@H]2O)c(=O)[nH]1. The number of nitrogens with one attached hydrogen (secondary N) is 1. The van der Waals surface area contributed by atoms with Gasteiger partial charge >= 0.3 is 13.9 Å². The van der Waals surface area contributed by atoms with Gasteiger partial charge in [0.1, 0.15) is 18.8 Å². The van der Waals surface area contributed by atoms with Crippen molar-refractivity contribution in [2.45, 2.75) is 31.1 Å². The van der Waals surface area contributed by atoms with Crippen LogP contribution in [0.15, 0.2) is 52.2 Å². The minimum Gasteiger partial charge on any atom is -0.395 e. The molecule has 3 N–H and O–H groups in total. The average molecular weight is 409 g/mol. The molecule has 148 valence electrons. The number of aromatic nitrogens is 2. The molecule has 1 aromatic heterocycles. The maximum absolute atomic E-state index is 12.1. The lowest BCUT2D eigenvalue weighted by molar-refractivity contribution is -0.0818. The van der Waals surface area contributed by atoms with Crippen LogP contribution in [-0.4, -0.2) is 44.7 Å². The zero-order valence-electron chi connectivity index (χ0n) is 14.5. The summed E-state index contributed by atoms with van der Waals surface area (Å²) >= 11 is 0. The summed E-state index contributed by atoms with van der Waals surface area (Å²) in [5, 5.41) is 20.4. The van der Waals surface area contributed by atoms with E-state index in [0.29, 0.717) is 0 Å². The molecule has 2 unspecified atom stereocenters. The van der Waals surface area contributed by atoms with E-state index in [1.807, 2.05) is 30.3 Å². The Morgan fingerprint density at radius 1 is 1.25 bits per heavy atom. The molecule has 2 heterocycles. The summed E-state index contributed by atoms with van der Waals surface area (Å²) in [7, 11) is -2.51. The Morgan fingerprint density at radius 2 is 2.00 bits per heavy atom. The van der Waals surface area contributed by atoms with Crippen LogP contribution >= 0.6 is 8.25 Å². The summed E-state index contributed by atoms with van der Waals surface area (Å²) < 4.78 is 29.3.